The Morgan fingerprint density at radius 1 is 1.09 bits per heavy atom. The molecule has 2 aliphatic rings. The summed E-state index contributed by atoms with van der Waals surface area (Å²) in [7, 11) is 1.42. The maximum atomic E-state index is 11.5. The molecule has 0 spiro atoms. The summed E-state index contributed by atoms with van der Waals surface area (Å²) in [5, 5.41) is 0. The van der Waals surface area contributed by atoms with E-state index in [1.54, 1.807) is 0 Å². The lowest BCUT2D eigenvalue weighted by Gasteiger charge is -2.13. The number of carbonyl (C=O) groups excluding carboxylic acids is 1. The lowest BCUT2D eigenvalue weighted by molar-refractivity contribution is -0.147. The van der Waals surface area contributed by atoms with Gasteiger partial charge in [-0.25, -0.2) is 4.79 Å². The highest BCUT2D eigenvalue weighted by molar-refractivity contribution is 5.82. The van der Waals surface area contributed by atoms with E-state index in [1.165, 1.54) is 52.1 Å². The van der Waals surface area contributed by atoms with Gasteiger partial charge in [0.15, 0.2) is 5.60 Å². The third-order valence-corrected chi connectivity index (χ3v) is 5.06. The third-order valence-electron chi connectivity index (χ3n) is 5.06. The molecule has 1 saturated heterocycles. The van der Waals surface area contributed by atoms with E-state index in [-0.39, 0.29) is 5.97 Å². The van der Waals surface area contributed by atoms with Crippen molar-refractivity contribution >= 4 is 5.97 Å². The molecule has 1 aliphatic heterocycles. The van der Waals surface area contributed by atoms with Gasteiger partial charge in [0.2, 0.25) is 0 Å². The fraction of sp³-hybridized carbons (Fsp3) is 0.944. The van der Waals surface area contributed by atoms with Crippen LogP contribution in [0, 0.1) is 5.92 Å². The SMILES string of the molecule is COC(=O)C1(CCCCCOCCC2CCCCCC2)CO1. The zero-order valence-electron chi connectivity index (χ0n) is 14.1. The summed E-state index contributed by atoms with van der Waals surface area (Å²) >= 11 is 0. The van der Waals surface area contributed by atoms with Gasteiger partial charge in [-0.1, -0.05) is 44.9 Å². The van der Waals surface area contributed by atoms with Crippen LogP contribution in [0.15, 0.2) is 0 Å². The van der Waals surface area contributed by atoms with Crippen molar-refractivity contribution in [1.29, 1.82) is 0 Å². The van der Waals surface area contributed by atoms with Crippen molar-refractivity contribution in [2.24, 2.45) is 5.92 Å². The lowest BCUT2D eigenvalue weighted by atomic mass is 9.97. The van der Waals surface area contributed by atoms with Crippen LogP contribution in [0.4, 0.5) is 0 Å². The largest absolute Gasteiger partial charge is 0.467 e. The number of ether oxygens (including phenoxy) is 3. The van der Waals surface area contributed by atoms with Gasteiger partial charge in [0.1, 0.15) is 0 Å². The van der Waals surface area contributed by atoms with E-state index in [9.17, 15) is 4.79 Å². The molecule has 2 fully saturated rings. The third kappa shape index (κ3) is 5.88. The quantitative estimate of drug-likeness (QED) is 0.266. The second-order valence-corrected chi connectivity index (χ2v) is 6.84. The molecule has 0 aromatic rings. The minimum atomic E-state index is -0.602. The Balaban J connectivity index is 1.41. The number of methoxy groups -OCH3 is 1. The first kappa shape index (κ1) is 17.7. The first-order valence-electron chi connectivity index (χ1n) is 9.07. The molecule has 4 nitrogen and oxygen atoms in total. The zero-order chi connectivity index (χ0) is 15.7. The highest BCUT2D eigenvalue weighted by atomic mass is 16.6. The highest BCUT2D eigenvalue weighted by Gasteiger charge is 2.52. The standard InChI is InChI=1S/C18H32O4/c1-20-17(19)18(15-22-18)12-7-4-8-13-21-14-11-16-9-5-2-3-6-10-16/h16H,2-15H2,1H3. The number of hydrogen-bond acceptors (Lipinski definition) is 4. The highest BCUT2D eigenvalue weighted by Crippen LogP contribution is 2.34. The number of hydrogen-bond donors (Lipinski definition) is 0. The first-order valence-corrected chi connectivity index (χ1v) is 9.07. The Kier molecular flexibility index (Phi) is 7.67. The summed E-state index contributed by atoms with van der Waals surface area (Å²) in [5.41, 5.74) is -0.602. The van der Waals surface area contributed by atoms with E-state index in [4.69, 9.17) is 14.2 Å². The molecule has 0 amide bonds. The average Bonchev–Trinajstić information content (AvgIpc) is 3.34. The molecule has 1 saturated carbocycles. The number of carbonyl (C=O) groups is 1. The maximum Gasteiger partial charge on any atom is 0.340 e. The molecule has 2 rings (SSSR count). The molecule has 0 radical (unpaired) electrons. The van der Waals surface area contributed by atoms with Gasteiger partial charge in [0.05, 0.1) is 13.7 Å². The number of unbranched alkanes of at least 4 members (excludes halogenated alkanes) is 2. The Bertz CT molecular complexity index is 317. The Morgan fingerprint density at radius 3 is 2.45 bits per heavy atom. The van der Waals surface area contributed by atoms with Gasteiger partial charge in [0.25, 0.3) is 0 Å². The van der Waals surface area contributed by atoms with Crippen molar-refractivity contribution in [3.63, 3.8) is 0 Å². The molecule has 4 heteroatoms. The normalized spacial score (nSPS) is 25.7. The van der Waals surface area contributed by atoms with Gasteiger partial charge >= 0.3 is 5.97 Å². The fourth-order valence-corrected chi connectivity index (χ4v) is 3.43. The predicted octanol–water partition coefficient (Wildman–Crippen LogP) is 3.87. The van der Waals surface area contributed by atoms with Crippen molar-refractivity contribution in [1.82, 2.24) is 0 Å². The van der Waals surface area contributed by atoms with Crippen LogP contribution in [0.5, 0.6) is 0 Å². The summed E-state index contributed by atoms with van der Waals surface area (Å²) in [6.45, 7) is 2.29. The van der Waals surface area contributed by atoms with Crippen LogP contribution < -0.4 is 0 Å². The van der Waals surface area contributed by atoms with Crippen molar-refractivity contribution in [2.75, 3.05) is 26.9 Å². The molecule has 1 unspecified atom stereocenters. The molecule has 22 heavy (non-hydrogen) atoms. The van der Waals surface area contributed by atoms with Crippen LogP contribution in [0.25, 0.3) is 0 Å². The topological polar surface area (TPSA) is 48.1 Å². The van der Waals surface area contributed by atoms with Crippen molar-refractivity contribution < 1.29 is 19.0 Å². The lowest BCUT2D eigenvalue weighted by Crippen LogP contribution is -2.25. The summed E-state index contributed by atoms with van der Waals surface area (Å²) in [4.78, 5) is 11.5. The van der Waals surface area contributed by atoms with E-state index >= 15 is 0 Å². The van der Waals surface area contributed by atoms with E-state index in [0.717, 1.165) is 44.8 Å². The summed E-state index contributed by atoms with van der Waals surface area (Å²) in [5.74, 6) is 0.682. The summed E-state index contributed by atoms with van der Waals surface area (Å²) in [6, 6.07) is 0. The monoisotopic (exact) mass is 312 g/mol. The zero-order valence-corrected chi connectivity index (χ0v) is 14.1. The molecule has 1 aliphatic carbocycles. The van der Waals surface area contributed by atoms with Crippen LogP contribution in [-0.2, 0) is 19.0 Å². The Hall–Kier alpha value is -0.610. The van der Waals surface area contributed by atoms with Crippen molar-refractivity contribution in [3.05, 3.63) is 0 Å². The predicted molar refractivity (Wildman–Crippen MR) is 85.8 cm³/mol. The maximum absolute atomic E-state index is 11.5. The van der Waals surface area contributed by atoms with Crippen LogP contribution in [0.1, 0.15) is 70.6 Å². The van der Waals surface area contributed by atoms with Crippen LogP contribution in [0.2, 0.25) is 0 Å². The second-order valence-electron chi connectivity index (χ2n) is 6.84. The van der Waals surface area contributed by atoms with Gasteiger partial charge in [-0.2, -0.15) is 0 Å². The van der Waals surface area contributed by atoms with Gasteiger partial charge < -0.3 is 14.2 Å². The number of epoxide rings is 1. The molecule has 0 aromatic carbocycles. The van der Waals surface area contributed by atoms with E-state index in [0.29, 0.717) is 6.61 Å². The van der Waals surface area contributed by atoms with Gasteiger partial charge in [-0.15, -0.1) is 0 Å². The molecule has 1 atom stereocenters. The molecule has 0 N–H and O–H groups in total. The van der Waals surface area contributed by atoms with Crippen molar-refractivity contribution in [2.45, 2.75) is 76.2 Å². The van der Waals surface area contributed by atoms with Crippen LogP contribution in [0.3, 0.4) is 0 Å². The minimum Gasteiger partial charge on any atom is -0.467 e. The average molecular weight is 312 g/mol. The van der Waals surface area contributed by atoms with Gasteiger partial charge in [-0.3, -0.25) is 0 Å². The van der Waals surface area contributed by atoms with Crippen LogP contribution >= 0.6 is 0 Å². The van der Waals surface area contributed by atoms with E-state index in [2.05, 4.69) is 0 Å². The molecule has 0 bridgehead atoms. The molecule has 1 heterocycles. The Labute approximate surface area is 134 Å². The van der Waals surface area contributed by atoms with Crippen LogP contribution in [-0.4, -0.2) is 38.5 Å². The minimum absolute atomic E-state index is 0.216. The smallest absolute Gasteiger partial charge is 0.340 e. The molecule has 0 aromatic heterocycles. The van der Waals surface area contributed by atoms with E-state index in [1.807, 2.05) is 0 Å². The Morgan fingerprint density at radius 2 is 1.82 bits per heavy atom. The first-order chi connectivity index (χ1) is 10.8. The number of esters is 1. The van der Waals surface area contributed by atoms with Crippen molar-refractivity contribution in [3.8, 4) is 0 Å². The molecular weight excluding hydrogens is 280 g/mol. The van der Waals surface area contributed by atoms with Gasteiger partial charge in [-0.05, 0) is 31.6 Å². The molecular formula is C18H32O4. The summed E-state index contributed by atoms with van der Waals surface area (Å²) < 4.78 is 15.8. The summed E-state index contributed by atoms with van der Waals surface area (Å²) in [6.07, 6.45) is 13.7. The fourth-order valence-electron chi connectivity index (χ4n) is 3.43. The second kappa shape index (κ2) is 9.51. The molecule has 128 valence electrons. The van der Waals surface area contributed by atoms with Gasteiger partial charge in [0, 0.05) is 13.2 Å². The number of rotatable bonds is 10. The van der Waals surface area contributed by atoms with E-state index < -0.39 is 5.60 Å².